The Labute approximate surface area is 89.8 Å². The van der Waals surface area contributed by atoms with E-state index in [1.54, 1.807) is 0 Å². The van der Waals surface area contributed by atoms with Crippen LogP contribution in [0, 0.1) is 0 Å². The molecule has 0 saturated carbocycles. The van der Waals surface area contributed by atoms with Gasteiger partial charge in [-0.1, -0.05) is 11.6 Å². The minimum absolute atomic E-state index is 0.115. The summed E-state index contributed by atoms with van der Waals surface area (Å²) in [6, 6.07) is 1.44. The number of hydrogen-bond acceptors (Lipinski definition) is 4. The van der Waals surface area contributed by atoms with E-state index < -0.39 is 18.5 Å². The molecule has 0 aliphatic rings. The van der Waals surface area contributed by atoms with Crippen molar-refractivity contribution in [2.45, 2.75) is 0 Å². The summed E-state index contributed by atoms with van der Waals surface area (Å²) in [4.78, 5) is 29.4. The third kappa shape index (κ3) is 3.53. The van der Waals surface area contributed by atoms with Gasteiger partial charge < -0.3 is 5.11 Å². The van der Waals surface area contributed by atoms with Crippen LogP contribution in [0.25, 0.3) is 0 Å². The second-order valence-corrected chi connectivity index (χ2v) is 2.88. The number of carboxylic acid groups (broad SMARTS) is 1. The maximum atomic E-state index is 11.3. The smallest absolute Gasteiger partial charge is 0.332 e. The first-order chi connectivity index (χ1) is 7.11. The molecule has 1 heterocycles. The van der Waals surface area contributed by atoms with Gasteiger partial charge in [0.15, 0.2) is 6.61 Å². The van der Waals surface area contributed by atoms with Crippen molar-refractivity contribution in [3.8, 4) is 0 Å². The number of rotatable bonds is 4. The summed E-state index contributed by atoms with van der Waals surface area (Å²) in [6.07, 6.45) is 2.68. The van der Waals surface area contributed by atoms with Crippen molar-refractivity contribution in [2.75, 3.05) is 6.61 Å². The predicted octanol–water partition coefficient (Wildman–Crippen LogP) is 0.481. The van der Waals surface area contributed by atoms with Crippen LogP contribution in [0.15, 0.2) is 18.5 Å². The van der Waals surface area contributed by atoms with Crippen molar-refractivity contribution in [1.82, 2.24) is 10.5 Å². The van der Waals surface area contributed by atoms with Gasteiger partial charge in [-0.25, -0.2) is 10.3 Å². The SMILES string of the molecule is O=C(O)CONC(=O)c1cnccc1Cl. The Balaban J connectivity index is 2.54. The Morgan fingerprint density at radius 2 is 2.33 bits per heavy atom. The number of carbonyl (C=O) groups excluding carboxylic acids is 1. The second kappa shape index (κ2) is 5.28. The van der Waals surface area contributed by atoms with Gasteiger partial charge in [0, 0.05) is 12.4 Å². The highest BCUT2D eigenvalue weighted by molar-refractivity contribution is 6.33. The maximum Gasteiger partial charge on any atom is 0.332 e. The fourth-order valence-electron chi connectivity index (χ4n) is 0.763. The Kier molecular flexibility index (Phi) is 4.02. The van der Waals surface area contributed by atoms with Gasteiger partial charge in [-0.15, -0.1) is 0 Å². The van der Waals surface area contributed by atoms with Crippen molar-refractivity contribution >= 4 is 23.5 Å². The molecule has 6 nitrogen and oxygen atoms in total. The fourth-order valence-corrected chi connectivity index (χ4v) is 0.954. The third-order valence-electron chi connectivity index (χ3n) is 1.37. The van der Waals surface area contributed by atoms with E-state index in [-0.39, 0.29) is 10.6 Å². The number of aromatic nitrogens is 1. The van der Waals surface area contributed by atoms with Crippen LogP contribution in [0.3, 0.4) is 0 Å². The molecule has 0 aliphatic heterocycles. The quantitative estimate of drug-likeness (QED) is 0.735. The van der Waals surface area contributed by atoms with E-state index in [0.717, 1.165) is 0 Å². The fraction of sp³-hybridized carbons (Fsp3) is 0.125. The largest absolute Gasteiger partial charge is 0.479 e. The first kappa shape index (κ1) is 11.4. The molecule has 1 aromatic rings. The molecular weight excluding hydrogens is 224 g/mol. The maximum absolute atomic E-state index is 11.3. The Bertz CT molecular complexity index is 383. The molecule has 1 rings (SSSR count). The lowest BCUT2D eigenvalue weighted by Crippen LogP contribution is -2.26. The average molecular weight is 231 g/mol. The minimum atomic E-state index is -1.19. The average Bonchev–Trinajstić information content (AvgIpc) is 2.17. The Morgan fingerprint density at radius 1 is 1.60 bits per heavy atom. The molecule has 7 heteroatoms. The third-order valence-corrected chi connectivity index (χ3v) is 1.70. The number of carbonyl (C=O) groups is 2. The van der Waals surface area contributed by atoms with Crippen LogP contribution < -0.4 is 5.48 Å². The number of amides is 1. The number of nitrogens with one attached hydrogen (secondary N) is 1. The van der Waals surface area contributed by atoms with Crippen LogP contribution in [-0.2, 0) is 9.63 Å². The summed E-state index contributed by atoms with van der Waals surface area (Å²) in [6.45, 7) is -0.621. The topological polar surface area (TPSA) is 88.5 Å². The highest BCUT2D eigenvalue weighted by atomic mass is 35.5. The van der Waals surface area contributed by atoms with E-state index in [1.807, 2.05) is 5.48 Å². The molecule has 0 bridgehead atoms. The molecule has 15 heavy (non-hydrogen) atoms. The number of nitrogens with zero attached hydrogens (tertiary/aromatic N) is 1. The standard InChI is InChI=1S/C8H7ClN2O4/c9-6-1-2-10-3-5(6)8(14)11-15-4-7(12)13/h1-3H,4H2,(H,11,14)(H,12,13). The number of halogens is 1. The van der Waals surface area contributed by atoms with Gasteiger partial charge >= 0.3 is 5.97 Å². The number of hydroxylamine groups is 1. The van der Waals surface area contributed by atoms with Crippen molar-refractivity contribution in [3.05, 3.63) is 29.0 Å². The first-order valence-electron chi connectivity index (χ1n) is 3.84. The van der Waals surface area contributed by atoms with E-state index in [0.29, 0.717) is 0 Å². The van der Waals surface area contributed by atoms with Gasteiger partial charge in [0.25, 0.3) is 5.91 Å². The number of hydrogen-bond donors (Lipinski definition) is 2. The molecule has 0 radical (unpaired) electrons. The monoisotopic (exact) mass is 230 g/mol. The molecular formula is C8H7ClN2O4. The summed E-state index contributed by atoms with van der Waals surface area (Å²) < 4.78 is 0. The van der Waals surface area contributed by atoms with Crippen LogP contribution in [0.2, 0.25) is 5.02 Å². The minimum Gasteiger partial charge on any atom is -0.479 e. The van der Waals surface area contributed by atoms with Crippen LogP contribution in [0.5, 0.6) is 0 Å². The van der Waals surface area contributed by atoms with E-state index in [9.17, 15) is 9.59 Å². The van der Waals surface area contributed by atoms with E-state index in [4.69, 9.17) is 16.7 Å². The van der Waals surface area contributed by atoms with Crippen molar-refractivity contribution in [3.63, 3.8) is 0 Å². The first-order valence-corrected chi connectivity index (χ1v) is 4.22. The molecule has 0 spiro atoms. The van der Waals surface area contributed by atoms with Crippen molar-refractivity contribution < 1.29 is 19.5 Å². The molecule has 0 aliphatic carbocycles. The summed E-state index contributed by atoms with van der Waals surface area (Å²) in [7, 11) is 0. The number of carboxylic acids is 1. The Morgan fingerprint density at radius 3 is 2.93 bits per heavy atom. The molecule has 0 unspecified atom stereocenters. The molecule has 1 amide bonds. The lowest BCUT2D eigenvalue weighted by molar-refractivity contribution is -0.144. The molecule has 0 aromatic carbocycles. The van der Waals surface area contributed by atoms with Crippen LogP contribution in [-0.4, -0.2) is 28.6 Å². The van der Waals surface area contributed by atoms with Gasteiger partial charge in [0.2, 0.25) is 0 Å². The zero-order valence-electron chi connectivity index (χ0n) is 7.44. The molecule has 2 N–H and O–H groups in total. The highest BCUT2D eigenvalue weighted by Crippen LogP contribution is 2.12. The van der Waals surface area contributed by atoms with Gasteiger partial charge in [-0.2, -0.15) is 0 Å². The van der Waals surface area contributed by atoms with Crippen LogP contribution in [0.1, 0.15) is 10.4 Å². The molecule has 80 valence electrons. The zero-order valence-corrected chi connectivity index (χ0v) is 8.19. The zero-order chi connectivity index (χ0) is 11.3. The van der Waals surface area contributed by atoms with Gasteiger partial charge in [-0.3, -0.25) is 14.6 Å². The number of pyridine rings is 1. The number of aliphatic carboxylic acids is 1. The second-order valence-electron chi connectivity index (χ2n) is 2.47. The molecule has 0 atom stereocenters. The lowest BCUT2D eigenvalue weighted by atomic mass is 10.3. The van der Waals surface area contributed by atoms with Crippen molar-refractivity contribution in [1.29, 1.82) is 0 Å². The molecule has 0 fully saturated rings. The van der Waals surface area contributed by atoms with Gasteiger partial charge in [0.05, 0.1) is 10.6 Å². The van der Waals surface area contributed by atoms with E-state index >= 15 is 0 Å². The summed E-state index contributed by atoms with van der Waals surface area (Å²) in [5, 5.41) is 8.45. The lowest BCUT2D eigenvalue weighted by Gasteiger charge is -2.04. The Hall–Kier alpha value is -1.66. The molecule has 1 aromatic heterocycles. The normalized spacial score (nSPS) is 9.67. The van der Waals surface area contributed by atoms with Crippen LogP contribution >= 0.6 is 11.6 Å². The van der Waals surface area contributed by atoms with Gasteiger partial charge in [-0.05, 0) is 6.07 Å². The summed E-state index contributed by atoms with van der Waals surface area (Å²) in [5.74, 6) is -1.83. The highest BCUT2D eigenvalue weighted by Gasteiger charge is 2.10. The summed E-state index contributed by atoms with van der Waals surface area (Å²) >= 11 is 5.69. The van der Waals surface area contributed by atoms with E-state index in [2.05, 4.69) is 9.82 Å². The van der Waals surface area contributed by atoms with Gasteiger partial charge in [0.1, 0.15) is 0 Å². The van der Waals surface area contributed by atoms with Crippen LogP contribution in [0.4, 0.5) is 0 Å². The molecule has 0 saturated heterocycles. The van der Waals surface area contributed by atoms with E-state index in [1.165, 1.54) is 18.5 Å². The predicted molar refractivity (Wildman–Crippen MR) is 50.3 cm³/mol. The van der Waals surface area contributed by atoms with Crippen molar-refractivity contribution in [2.24, 2.45) is 0 Å². The summed E-state index contributed by atoms with van der Waals surface area (Å²) in [5.41, 5.74) is 2.04.